The number of hydrogen-bond donors (Lipinski definition) is 1. The quantitative estimate of drug-likeness (QED) is 0.166. The molecule has 1 N–H and O–H groups in total. The van der Waals surface area contributed by atoms with Crippen LogP contribution in [0.2, 0.25) is 5.02 Å². The highest BCUT2D eigenvalue weighted by molar-refractivity contribution is 9.10. The smallest absolute Gasteiger partial charge is 0.214 e. The Labute approximate surface area is 222 Å². The molecular formula is C25H25BrClN5O2S. The lowest BCUT2D eigenvalue weighted by Gasteiger charge is -2.17. The largest absolute Gasteiger partial charge is 0.493 e. The average Bonchev–Trinajstić information content (AvgIpc) is 3.36. The molecule has 10 heteroatoms. The van der Waals surface area contributed by atoms with E-state index in [-0.39, 0.29) is 0 Å². The average molecular weight is 575 g/mol. The van der Waals surface area contributed by atoms with Crippen molar-refractivity contribution < 1.29 is 9.47 Å². The fourth-order valence-corrected chi connectivity index (χ4v) is 4.78. The molecule has 0 aliphatic rings. The van der Waals surface area contributed by atoms with Crippen molar-refractivity contribution in [1.29, 1.82) is 0 Å². The van der Waals surface area contributed by atoms with Crippen LogP contribution < -0.4 is 14.8 Å². The predicted molar refractivity (Wildman–Crippen MR) is 143 cm³/mol. The number of nitrogens with zero attached hydrogens (tertiary/aromatic N) is 4. The maximum absolute atomic E-state index is 6.18. The Morgan fingerprint density at radius 3 is 2.63 bits per heavy atom. The first-order chi connectivity index (χ1) is 17.2. The number of hydrogen-bond acceptors (Lipinski definition) is 7. The Balaban J connectivity index is 1.30. The van der Waals surface area contributed by atoms with Gasteiger partial charge in [-0.25, -0.2) is 0 Å². The van der Waals surface area contributed by atoms with Gasteiger partial charge >= 0.3 is 0 Å². The van der Waals surface area contributed by atoms with Crippen LogP contribution in [0.1, 0.15) is 17.5 Å². The molecule has 3 aromatic carbocycles. The monoisotopic (exact) mass is 573 g/mol. The number of halogens is 2. The molecule has 0 saturated carbocycles. The predicted octanol–water partition coefficient (Wildman–Crippen LogP) is 5.94. The molecule has 0 radical (unpaired) electrons. The number of rotatable bonds is 12. The van der Waals surface area contributed by atoms with Crippen molar-refractivity contribution in [3.05, 3.63) is 87.4 Å². The fourth-order valence-electron chi connectivity index (χ4n) is 3.38. The van der Waals surface area contributed by atoms with E-state index < -0.39 is 0 Å². The minimum Gasteiger partial charge on any atom is -0.493 e. The summed E-state index contributed by atoms with van der Waals surface area (Å²) >= 11 is 11.3. The molecule has 7 nitrogen and oxygen atoms in total. The van der Waals surface area contributed by atoms with Crippen molar-refractivity contribution in [1.82, 2.24) is 25.5 Å². The normalized spacial score (nSPS) is 10.9. The van der Waals surface area contributed by atoms with Crippen LogP contribution in [0.5, 0.6) is 11.5 Å². The van der Waals surface area contributed by atoms with Gasteiger partial charge in [0.25, 0.3) is 0 Å². The van der Waals surface area contributed by atoms with E-state index in [9.17, 15) is 0 Å². The molecule has 0 fully saturated rings. The molecule has 0 aliphatic heterocycles. The Kier molecular flexibility index (Phi) is 9.42. The molecule has 1 aromatic heterocycles. The lowest BCUT2D eigenvalue weighted by atomic mass is 10.1. The van der Waals surface area contributed by atoms with E-state index in [4.69, 9.17) is 21.1 Å². The van der Waals surface area contributed by atoms with Gasteiger partial charge in [0.2, 0.25) is 5.16 Å². The van der Waals surface area contributed by atoms with Crippen LogP contribution in [-0.2, 0) is 13.2 Å². The molecule has 182 valence electrons. The van der Waals surface area contributed by atoms with Crippen LogP contribution in [0.4, 0.5) is 0 Å². The number of aromatic nitrogens is 4. The number of methoxy groups -OCH3 is 1. The third-order valence-corrected chi connectivity index (χ3v) is 7.16. The van der Waals surface area contributed by atoms with Crippen molar-refractivity contribution in [2.45, 2.75) is 24.7 Å². The third-order valence-electron chi connectivity index (χ3n) is 5.16. The first-order valence-corrected chi connectivity index (χ1v) is 13.2. The molecule has 1 heterocycles. The minimum atomic E-state index is 0.420. The van der Waals surface area contributed by atoms with Crippen LogP contribution in [0.25, 0.3) is 5.69 Å². The summed E-state index contributed by atoms with van der Waals surface area (Å²) in [6.45, 7) is 1.89. The fraction of sp³-hybridized carbons (Fsp3) is 0.240. The summed E-state index contributed by atoms with van der Waals surface area (Å²) in [4.78, 5) is 0. The summed E-state index contributed by atoms with van der Waals surface area (Å²) in [5.41, 5.74) is 3.00. The number of nitrogens with one attached hydrogen (secondary N) is 1. The topological polar surface area (TPSA) is 74.1 Å². The number of benzene rings is 3. The highest BCUT2D eigenvalue weighted by atomic mass is 79.9. The van der Waals surface area contributed by atoms with E-state index in [0.29, 0.717) is 23.9 Å². The van der Waals surface area contributed by atoms with Gasteiger partial charge in [-0.2, -0.15) is 4.68 Å². The molecule has 0 unspecified atom stereocenters. The zero-order chi connectivity index (χ0) is 24.5. The number of ether oxygens (including phenoxy) is 2. The van der Waals surface area contributed by atoms with Crippen LogP contribution >= 0.6 is 39.3 Å². The Hall–Kier alpha value is -2.59. The second kappa shape index (κ2) is 12.9. The molecular weight excluding hydrogens is 550 g/mol. The lowest BCUT2D eigenvalue weighted by Crippen LogP contribution is -2.17. The van der Waals surface area contributed by atoms with E-state index >= 15 is 0 Å². The van der Waals surface area contributed by atoms with Gasteiger partial charge in [-0.1, -0.05) is 69.6 Å². The molecule has 0 atom stereocenters. The Morgan fingerprint density at radius 2 is 1.86 bits per heavy atom. The van der Waals surface area contributed by atoms with Gasteiger partial charge in [0.05, 0.1) is 12.8 Å². The van der Waals surface area contributed by atoms with Gasteiger partial charge in [-0.15, -0.1) is 5.10 Å². The summed E-state index contributed by atoms with van der Waals surface area (Å²) in [5.74, 6) is 2.31. The molecule has 0 amide bonds. The van der Waals surface area contributed by atoms with Gasteiger partial charge in [0.1, 0.15) is 6.61 Å². The summed E-state index contributed by atoms with van der Waals surface area (Å²) < 4.78 is 14.5. The molecule has 4 aromatic rings. The summed E-state index contributed by atoms with van der Waals surface area (Å²) in [6.07, 6.45) is 0.953. The van der Waals surface area contributed by atoms with Gasteiger partial charge < -0.3 is 14.8 Å². The molecule has 35 heavy (non-hydrogen) atoms. The van der Waals surface area contributed by atoms with Gasteiger partial charge in [0.15, 0.2) is 11.5 Å². The molecule has 0 bridgehead atoms. The molecule has 0 aliphatic carbocycles. The second-order valence-corrected chi connectivity index (χ2v) is 9.91. The van der Waals surface area contributed by atoms with Crippen molar-refractivity contribution >= 4 is 39.3 Å². The zero-order valence-corrected chi connectivity index (χ0v) is 22.3. The van der Waals surface area contributed by atoms with Crippen molar-refractivity contribution in [3.63, 3.8) is 0 Å². The summed E-state index contributed by atoms with van der Waals surface area (Å²) in [6, 6.07) is 21.4. The SMILES string of the molecule is COc1ccc(Br)c(CNCCCSc2nnnn2-c2ccccc2)c1OCc1ccc(Cl)cc1. The van der Waals surface area contributed by atoms with E-state index in [2.05, 4.69) is 36.8 Å². The van der Waals surface area contributed by atoms with Crippen molar-refractivity contribution in [3.8, 4) is 17.2 Å². The number of para-hydroxylation sites is 1. The summed E-state index contributed by atoms with van der Waals surface area (Å²) in [5, 5.41) is 17.1. The first kappa shape index (κ1) is 25.5. The molecule has 0 saturated heterocycles. The third kappa shape index (κ3) is 6.98. The standard InChI is InChI=1S/C25H25BrClN5O2S/c1-33-23-13-12-22(26)21(24(23)34-17-18-8-10-19(27)11-9-18)16-28-14-5-15-35-25-29-30-31-32(25)20-6-3-2-4-7-20/h2-4,6-13,28H,5,14-17H2,1H3. The maximum atomic E-state index is 6.18. The Morgan fingerprint density at radius 1 is 1.06 bits per heavy atom. The first-order valence-electron chi connectivity index (χ1n) is 11.1. The van der Waals surface area contributed by atoms with Gasteiger partial charge in [-0.05, 0) is 65.4 Å². The van der Waals surface area contributed by atoms with E-state index in [1.807, 2.05) is 66.7 Å². The molecule has 4 rings (SSSR count). The summed E-state index contributed by atoms with van der Waals surface area (Å²) in [7, 11) is 1.65. The highest BCUT2D eigenvalue weighted by Gasteiger charge is 2.15. The Bertz CT molecular complexity index is 1220. The van der Waals surface area contributed by atoms with E-state index in [0.717, 1.165) is 50.9 Å². The van der Waals surface area contributed by atoms with Crippen LogP contribution in [0, 0.1) is 0 Å². The number of tetrazole rings is 1. The van der Waals surface area contributed by atoms with E-state index in [1.54, 1.807) is 23.6 Å². The minimum absolute atomic E-state index is 0.420. The van der Waals surface area contributed by atoms with Crippen LogP contribution in [0.3, 0.4) is 0 Å². The van der Waals surface area contributed by atoms with Gasteiger partial charge in [0, 0.05) is 27.4 Å². The maximum Gasteiger partial charge on any atom is 0.214 e. The lowest BCUT2D eigenvalue weighted by molar-refractivity contribution is 0.280. The molecule has 0 spiro atoms. The second-order valence-electron chi connectivity index (χ2n) is 7.56. The van der Waals surface area contributed by atoms with Crippen molar-refractivity contribution in [2.75, 3.05) is 19.4 Å². The number of thioether (sulfide) groups is 1. The van der Waals surface area contributed by atoms with Crippen LogP contribution in [-0.4, -0.2) is 39.6 Å². The van der Waals surface area contributed by atoms with Crippen LogP contribution in [0.15, 0.2) is 76.4 Å². The zero-order valence-electron chi connectivity index (χ0n) is 19.2. The van der Waals surface area contributed by atoms with Crippen molar-refractivity contribution in [2.24, 2.45) is 0 Å². The highest BCUT2D eigenvalue weighted by Crippen LogP contribution is 2.37. The van der Waals surface area contributed by atoms with E-state index in [1.165, 1.54) is 0 Å². The van der Waals surface area contributed by atoms with Gasteiger partial charge in [-0.3, -0.25) is 0 Å².